The smallest absolute Gasteiger partial charge is 0.122 e. The number of benzene rings is 2. The Balaban J connectivity index is 0.00000140. The summed E-state index contributed by atoms with van der Waals surface area (Å²) < 4.78 is 5.81. The number of aromatic amines is 1. The molecule has 6 heteroatoms. The first kappa shape index (κ1) is 22.3. The topological polar surface area (TPSA) is 37.0 Å². The molecule has 2 heterocycles. The number of fused-ring (bicyclic) bond motifs is 1. The minimum atomic E-state index is 0. The normalized spacial score (nSPS) is 10.3. The van der Waals surface area contributed by atoms with E-state index in [1.165, 1.54) is 26.9 Å². The molecule has 2 aromatic carbocycles. The zero-order valence-electron chi connectivity index (χ0n) is 15.3. The molecule has 0 aliphatic carbocycles. The Labute approximate surface area is 182 Å². The Morgan fingerprint density at radius 1 is 0.929 bits per heavy atom. The molecule has 4 aromatic rings. The summed E-state index contributed by atoms with van der Waals surface area (Å²) in [5.74, 6) is 0.918. The Kier molecular flexibility index (Phi) is 8.87. The highest BCUT2D eigenvalue weighted by molar-refractivity contribution is 7.09. The predicted molar refractivity (Wildman–Crippen MR) is 109 cm³/mol. The summed E-state index contributed by atoms with van der Waals surface area (Å²) in [6.45, 7) is 2.46. The van der Waals surface area contributed by atoms with E-state index >= 15 is 0 Å². The molecule has 0 radical (unpaired) electrons. The van der Waals surface area contributed by atoms with Crippen molar-refractivity contribution in [2.75, 3.05) is 6.54 Å². The fraction of sp³-hybridized carbons (Fsp3) is 0.182. The third-order valence-corrected chi connectivity index (χ3v) is 5.31. The lowest BCUT2D eigenvalue weighted by Gasteiger charge is -2.07. The number of aromatic nitrogens is 1. The van der Waals surface area contributed by atoms with Gasteiger partial charge < -0.3 is 39.9 Å². The van der Waals surface area contributed by atoms with Crippen LogP contribution in [0.25, 0.3) is 10.9 Å². The van der Waals surface area contributed by atoms with Gasteiger partial charge in [-0.25, -0.2) is 0 Å². The van der Waals surface area contributed by atoms with E-state index in [1.807, 2.05) is 12.1 Å². The maximum Gasteiger partial charge on any atom is 0.122 e. The van der Waals surface area contributed by atoms with Gasteiger partial charge in [0.2, 0.25) is 0 Å². The van der Waals surface area contributed by atoms with Crippen molar-refractivity contribution in [3.63, 3.8) is 0 Å². The van der Waals surface area contributed by atoms with Crippen LogP contribution in [-0.4, -0.2) is 11.5 Å². The van der Waals surface area contributed by atoms with E-state index in [-0.39, 0.29) is 24.8 Å². The van der Waals surface area contributed by atoms with Crippen molar-refractivity contribution in [2.24, 2.45) is 0 Å². The van der Waals surface area contributed by atoms with Crippen LogP contribution in [0.1, 0.15) is 16.0 Å². The first-order chi connectivity index (χ1) is 12.9. The molecule has 148 valence electrons. The van der Waals surface area contributed by atoms with Crippen LogP contribution in [0, 0.1) is 0 Å². The third kappa shape index (κ3) is 5.76. The van der Waals surface area contributed by atoms with Crippen LogP contribution < -0.4 is 34.9 Å². The number of hydrogen-bond donors (Lipinski definition) is 2. The maximum absolute atomic E-state index is 5.81. The molecule has 0 bridgehead atoms. The van der Waals surface area contributed by atoms with Gasteiger partial charge in [-0.15, -0.1) is 11.3 Å². The van der Waals surface area contributed by atoms with Gasteiger partial charge in [-0.1, -0.05) is 36.4 Å². The zero-order chi connectivity index (χ0) is 17.6. The Bertz CT molecular complexity index is 952. The second-order valence-electron chi connectivity index (χ2n) is 6.30. The van der Waals surface area contributed by atoms with Crippen LogP contribution >= 0.6 is 11.3 Å². The lowest BCUT2D eigenvalue weighted by Crippen LogP contribution is -3.00. The molecule has 0 saturated heterocycles. The van der Waals surface area contributed by atoms with Gasteiger partial charge in [0, 0.05) is 28.5 Å². The number of rotatable bonds is 8. The third-order valence-electron chi connectivity index (χ3n) is 4.46. The van der Waals surface area contributed by atoms with Crippen molar-refractivity contribution >= 4 is 22.2 Å². The molecule has 0 spiro atoms. The highest BCUT2D eigenvalue weighted by Crippen LogP contribution is 2.18. The van der Waals surface area contributed by atoms with Gasteiger partial charge in [-0.2, -0.15) is 0 Å². The summed E-state index contributed by atoms with van der Waals surface area (Å²) in [6, 6.07) is 20.9. The highest BCUT2D eigenvalue weighted by Gasteiger charge is 2.02. The minimum Gasteiger partial charge on any atom is -1.00 e. The molecular weight excluding hydrogens is 411 g/mol. The number of nitrogens with one attached hydrogen (secondary N) is 2. The predicted octanol–water partition coefficient (Wildman–Crippen LogP) is -0.851. The average molecular weight is 433 g/mol. The molecule has 0 aliphatic heterocycles. The van der Waals surface area contributed by atoms with E-state index in [2.05, 4.69) is 70.4 Å². The molecule has 2 N–H and O–H groups in total. The largest absolute Gasteiger partial charge is 1.00 e. The summed E-state index contributed by atoms with van der Waals surface area (Å²) in [7, 11) is 0. The van der Waals surface area contributed by atoms with Crippen molar-refractivity contribution in [2.45, 2.75) is 19.6 Å². The van der Waals surface area contributed by atoms with E-state index in [1.54, 1.807) is 11.3 Å². The second-order valence-corrected chi connectivity index (χ2v) is 7.33. The van der Waals surface area contributed by atoms with Crippen LogP contribution in [0.15, 0.2) is 72.2 Å². The van der Waals surface area contributed by atoms with Crippen LogP contribution in [0.4, 0.5) is 0 Å². The van der Waals surface area contributed by atoms with Crippen molar-refractivity contribution in [1.82, 2.24) is 10.3 Å². The summed E-state index contributed by atoms with van der Waals surface area (Å²) in [4.78, 5) is 4.58. The van der Waals surface area contributed by atoms with Crippen molar-refractivity contribution < 1.29 is 29.6 Å². The lowest BCUT2D eigenvalue weighted by molar-refractivity contribution is -0.00100. The Morgan fingerprint density at radius 3 is 2.54 bits per heavy atom. The fourth-order valence-corrected chi connectivity index (χ4v) is 3.66. The molecule has 0 fully saturated rings. The molecule has 2 aromatic heterocycles. The monoisotopic (exact) mass is 432 g/mol. The number of ether oxygens (including phenoxy) is 1. The fourth-order valence-electron chi connectivity index (χ4n) is 3.05. The number of H-pyrrole nitrogens is 1. The molecule has 0 aliphatic rings. The SMILES string of the molecule is [Cl-].[Cl-].c1csc(COc2ccc(CNCCc3c[nH]c4ccccc34)cc2)c1. The highest BCUT2D eigenvalue weighted by atomic mass is 35.5. The number of thiophene rings is 1. The van der Waals surface area contributed by atoms with E-state index in [0.29, 0.717) is 6.61 Å². The first-order valence-electron chi connectivity index (χ1n) is 8.88. The van der Waals surface area contributed by atoms with Gasteiger partial charge in [0.1, 0.15) is 12.4 Å². The Hall–Kier alpha value is -1.98. The molecular formula is C22H22Cl2N2OS-2. The summed E-state index contributed by atoms with van der Waals surface area (Å²) in [6.07, 6.45) is 3.14. The Morgan fingerprint density at radius 2 is 1.75 bits per heavy atom. The second kappa shape index (κ2) is 11.1. The maximum atomic E-state index is 5.81. The molecule has 3 nitrogen and oxygen atoms in total. The van der Waals surface area contributed by atoms with E-state index < -0.39 is 0 Å². The molecule has 0 amide bonds. The van der Waals surface area contributed by atoms with Gasteiger partial charge in [-0.3, -0.25) is 0 Å². The average Bonchev–Trinajstić information content (AvgIpc) is 3.34. The number of hydrogen-bond acceptors (Lipinski definition) is 3. The van der Waals surface area contributed by atoms with Crippen molar-refractivity contribution in [3.05, 3.63) is 88.2 Å². The molecule has 0 saturated carbocycles. The minimum absolute atomic E-state index is 0. The van der Waals surface area contributed by atoms with Gasteiger partial charge in [-0.05, 0) is 53.7 Å². The van der Waals surface area contributed by atoms with Crippen LogP contribution in [-0.2, 0) is 19.6 Å². The molecule has 0 unspecified atom stereocenters. The van der Waals surface area contributed by atoms with E-state index in [4.69, 9.17) is 4.74 Å². The van der Waals surface area contributed by atoms with E-state index in [0.717, 1.165) is 25.3 Å². The molecule has 0 atom stereocenters. The van der Waals surface area contributed by atoms with Gasteiger partial charge >= 0.3 is 0 Å². The van der Waals surface area contributed by atoms with Gasteiger partial charge in [0.25, 0.3) is 0 Å². The molecule has 28 heavy (non-hydrogen) atoms. The zero-order valence-corrected chi connectivity index (χ0v) is 17.7. The van der Waals surface area contributed by atoms with E-state index in [9.17, 15) is 0 Å². The lowest BCUT2D eigenvalue weighted by atomic mass is 10.1. The van der Waals surface area contributed by atoms with Gasteiger partial charge in [0.15, 0.2) is 0 Å². The number of halogens is 2. The summed E-state index contributed by atoms with van der Waals surface area (Å²) >= 11 is 1.72. The van der Waals surface area contributed by atoms with Gasteiger partial charge in [0.05, 0.1) is 0 Å². The summed E-state index contributed by atoms with van der Waals surface area (Å²) in [5.41, 5.74) is 3.85. The standard InChI is InChI=1S/C22H22N2OS.2ClH/c1-2-6-22-21(5-1)18(15-24-22)11-12-23-14-17-7-9-19(10-8-17)25-16-20-4-3-13-26-20;;/h1-10,13,15,23-24H,11-12,14,16H2;2*1H/p-2. The first-order valence-corrected chi connectivity index (χ1v) is 9.76. The van der Waals surface area contributed by atoms with Crippen LogP contribution in [0.3, 0.4) is 0 Å². The number of para-hydroxylation sites is 1. The molecule has 4 rings (SSSR count). The summed E-state index contributed by atoms with van der Waals surface area (Å²) in [5, 5.41) is 6.92. The van der Waals surface area contributed by atoms with Crippen molar-refractivity contribution in [3.8, 4) is 5.75 Å². The van der Waals surface area contributed by atoms with Crippen LogP contribution in [0.2, 0.25) is 0 Å². The quantitative estimate of drug-likeness (QED) is 0.356. The van der Waals surface area contributed by atoms with Crippen molar-refractivity contribution in [1.29, 1.82) is 0 Å². The van der Waals surface area contributed by atoms with Crippen LogP contribution in [0.5, 0.6) is 5.75 Å².